The van der Waals surface area contributed by atoms with Crippen LogP contribution in [0.4, 0.5) is 0 Å². The summed E-state index contributed by atoms with van der Waals surface area (Å²) < 4.78 is 17.5. The average Bonchev–Trinajstić information content (AvgIpc) is 1.50. The first-order valence-electron chi connectivity index (χ1n) is 46.0. The minimum atomic E-state index is -0.570. The van der Waals surface area contributed by atoms with Gasteiger partial charge in [-0.2, -0.15) is 9.97 Å². The Labute approximate surface area is 778 Å². The lowest BCUT2D eigenvalue weighted by molar-refractivity contribution is 0.00578. The highest BCUT2D eigenvalue weighted by atomic mass is 35.5. The maximum absolute atomic E-state index is 6.61. The number of aromatic nitrogens is 7. The van der Waals surface area contributed by atoms with E-state index >= 15 is 0 Å². The van der Waals surface area contributed by atoms with Gasteiger partial charge < -0.3 is 9.31 Å². The molecule has 4 aliphatic carbocycles. The molecule has 9 nitrogen and oxygen atoms in total. The molecule has 1 fully saturated rings. The molecule has 0 unspecified atom stereocenters. The SMILES string of the molecule is CC1(C)OB(c2ccc3c(c2)C2(c4ccccc4-c4ccccc42)c2cc4c5ccccc5c5ccccc5c4cc2-3)OC1(C)C.Clc1cc(-c2ccccc2)nc(-n2c3ccccc3c3ccccc32)n1.c1ccc(-c2nc(-c3ccc4c(c3)C3(c5ccccc5-c5ccccc53)c3cc5c6ccccc6c6ccccc6c5cc3-4)nc(-n3c4ccccc4c4ccccc43)n2)cc1. The van der Waals surface area contributed by atoms with Crippen LogP contribution in [-0.2, 0) is 20.1 Å². The van der Waals surface area contributed by atoms with Crippen molar-refractivity contribution >= 4 is 132 Å². The summed E-state index contributed by atoms with van der Waals surface area (Å²) in [6.45, 7) is 8.51. The lowest BCUT2D eigenvalue weighted by Gasteiger charge is -2.32. The summed E-state index contributed by atoms with van der Waals surface area (Å²) >= 11 is 6.35. The molecule has 20 aromatic carbocycles. The van der Waals surface area contributed by atoms with Gasteiger partial charge in [0.15, 0.2) is 11.6 Å². The highest BCUT2D eigenvalue weighted by Crippen LogP contribution is 2.66. The van der Waals surface area contributed by atoms with Crippen molar-refractivity contribution in [2.45, 2.75) is 49.7 Å². The summed E-state index contributed by atoms with van der Waals surface area (Å²) in [6.07, 6.45) is 0. The number of para-hydroxylation sites is 4. The number of hydrogen-bond acceptors (Lipinski definition) is 7. The molecule has 630 valence electrons. The number of rotatable bonds is 6. The van der Waals surface area contributed by atoms with E-state index in [9.17, 15) is 0 Å². The van der Waals surface area contributed by atoms with E-state index in [2.05, 4.69) is 382 Å². The predicted molar refractivity (Wildman–Crippen MR) is 552 cm³/mol. The Morgan fingerprint density at radius 3 is 0.925 bits per heavy atom. The van der Waals surface area contributed by atoms with Gasteiger partial charge in [-0.15, -0.1) is 0 Å². The molecule has 0 N–H and O–H groups in total. The normalized spacial score (nSPS) is 14.5. The van der Waals surface area contributed by atoms with E-state index in [4.69, 9.17) is 40.8 Å². The quantitative estimate of drug-likeness (QED) is 0.0930. The number of halogens is 1. The van der Waals surface area contributed by atoms with Crippen LogP contribution in [0.5, 0.6) is 0 Å². The zero-order valence-electron chi connectivity index (χ0n) is 73.7. The minimum Gasteiger partial charge on any atom is -0.399 e. The zero-order chi connectivity index (χ0) is 89.0. The first-order chi connectivity index (χ1) is 65.9. The molecular weight excluding hydrogens is 1650 g/mol. The van der Waals surface area contributed by atoms with Crippen molar-refractivity contribution in [2.75, 3.05) is 0 Å². The molecule has 0 bridgehead atoms. The van der Waals surface area contributed by atoms with Gasteiger partial charge in [0.2, 0.25) is 11.9 Å². The van der Waals surface area contributed by atoms with Crippen molar-refractivity contribution in [3.05, 3.63) is 468 Å². The van der Waals surface area contributed by atoms with E-state index in [0.29, 0.717) is 28.7 Å². The Morgan fingerprint density at radius 2 is 0.522 bits per heavy atom. The summed E-state index contributed by atoms with van der Waals surface area (Å²) in [5.74, 6) is 2.43. The Morgan fingerprint density at radius 1 is 0.224 bits per heavy atom. The molecule has 5 aliphatic rings. The van der Waals surface area contributed by atoms with E-state index in [-0.39, 0.29) is 0 Å². The van der Waals surface area contributed by atoms with Crippen molar-refractivity contribution in [1.29, 1.82) is 0 Å². The fraction of sp³-hybridized carbons (Fsp3) is 0.0650. The molecule has 29 rings (SSSR count). The van der Waals surface area contributed by atoms with Crippen LogP contribution in [0.1, 0.15) is 72.2 Å². The third kappa shape index (κ3) is 11.2. The van der Waals surface area contributed by atoms with Crippen molar-refractivity contribution in [3.8, 4) is 90.4 Å². The topological polar surface area (TPSA) is 92.8 Å². The van der Waals surface area contributed by atoms with E-state index in [0.717, 1.165) is 60.7 Å². The van der Waals surface area contributed by atoms with Gasteiger partial charge in [0.25, 0.3) is 0 Å². The Kier molecular flexibility index (Phi) is 17.1. The molecule has 5 heterocycles. The smallest absolute Gasteiger partial charge is 0.399 e. The summed E-state index contributed by atoms with van der Waals surface area (Å²) in [6, 6.07) is 151. The minimum absolute atomic E-state index is 0.413. The molecule has 0 amide bonds. The lowest BCUT2D eigenvalue weighted by Crippen LogP contribution is -2.41. The van der Waals surface area contributed by atoms with Gasteiger partial charge in [0.1, 0.15) is 5.15 Å². The molecule has 1 aliphatic heterocycles. The summed E-state index contributed by atoms with van der Waals surface area (Å²) in [4.78, 5) is 25.3. The van der Waals surface area contributed by atoms with E-state index < -0.39 is 29.2 Å². The van der Waals surface area contributed by atoms with Crippen molar-refractivity contribution in [3.63, 3.8) is 0 Å². The van der Waals surface area contributed by atoms with E-state index in [1.165, 1.54) is 164 Å². The van der Waals surface area contributed by atoms with Crippen LogP contribution in [0.25, 0.3) is 199 Å². The van der Waals surface area contributed by atoms with E-state index in [1.807, 2.05) is 72.8 Å². The van der Waals surface area contributed by atoms with Crippen molar-refractivity contribution in [2.24, 2.45) is 0 Å². The van der Waals surface area contributed by atoms with Gasteiger partial charge in [-0.25, -0.2) is 15.0 Å². The van der Waals surface area contributed by atoms with Crippen LogP contribution in [0.15, 0.2) is 419 Å². The second-order valence-electron chi connectivity index (χ2n) is 37.0. The summed E-state index contributed by atoms with van der Waals surface area (Å²) in [5, 5.41) is 20.5. The van der Waals surface area contributed by atoms with Gasteiger partial charge >= 0.3 is 7.12 Å². The average molecular weight is 1740 g/mol. The molecule has 0 radical (unpaired) electrons. The highest BCUT2D eigenvalue weighted by Gasteiger charge is 2.56. The largest absolute Gasteiger partial charge is 0.494 e. The fourth-order valence-electron chi connectivity index (χ4n) is 23.2. The van der Waals surface area contributed by atoms with Crippen LogP contribution < -0.4 is 5.46 Å². The summed E-state index contributed by atoms with van der Waals surface area (Å²) in [7, 11) is -0.435. The van der Waals surface area contributed by atoms with Crippen molar-refractivity contribution in [1.82, 2.24) is 34.1 Å². The predicted octanol–water partition coefficient (Wildman–Crippen LogP) is 29.8. The van der Waals surface area contributed by atoms with Crippen LogP contribution in [-0.4, -0.2) is 52.4 Å². The van der Waals surface area contributed by atoms with Gasteiger partial charge in [0.05, 0.1) is 49.8 Å². The first kappa shape index (κ1) is 77.8. The van der Waals surface area contributed by atoms with Gasteiger partial charge in [-0.3, -0.25) is 9.13 Å². The maximum Gasteiger partial charge on any atom is 0.494 e. The lowest BCUT2D eigenvalue weighted by atomic mass is 9.68. The zero-order valence-corrected chi connectivity index (χ0v) is 74.5. The Hall–Kier alpha value is -16.1. The number of nitrogens with zero attached hydrogens (tertiary/aromatic N) is 7. The van der Waals surface area contributed by atoms with Gasteiger partial charge in [-0.1, -0.05) is 370 Å². The molecule has 134 heavy (non-hydrogen) atoms. The Balaban J connectivity index is 0.000000111. The summed E-state index contributed by atoms with van der Waals surface area (Å²) in [5.41, 5.74) is 27.9. The molecular formula is C123H81BClN7O2. The molecule has 0 atom stereocenters. The van der Waals surface area contributed by atoms with Crippen LogP contribution in [0.3, 0.4) is 0 Å². The van der Waals surface area contributed by atoms with Gasteiger partial charge in [-0.05, 0) is 241 Å². The number of hydrogen-bond donors (Lipinski definition) is 0. The molecule has 1 saturated heterocycles. The van der Waals surface area contributed by atoms with Crippen LogP contribution in [0.2, 0.25) is 5.15 Å². The molecule has 2 spiro atoms. The monoisotopic (exact) mass is 1730 g/mol. The third-order valence-corrected chi connectivity index (χ3v) is 29.9. The molecule has 0 saturated carbocycles. The second-order valence-corrected chi connectivity index (χ2v) is 37.4. The number of fused-ring (bicyclic) bond motifs is 38. The third-order valence-electron chi connectivity index (χ3n) is 29.7. The van der Waals surface area contributed by atoms with E-state index in [1.54, 1.807) is 6.07 Å². The standard InChI is InChI=1S/C58H34N4.C43H33BO2.C22H14ClN3/c1-2-16-35(17-3-1)55-59-56(61-57(60-55)62-53-28-14-10-24-44(53)45-25-11-15-29-54(45)62)36-30-31-43-48-33-46-39-20-6-4-18-37(39)38-19-5-7-21-40(38)47(46)34-52(48)58(51(43)32-36)49-26-12-8-22-41(49)42-23-9-13-27-50(42)58;1-41(2)42(3,4)46-44(45-41)26-21-22-33-36-24-34-29-15-7-5-13-27(29)28-14-6-8-16-30(28)35(34)25-40(36)43(39(33)23-26)37-19-11-9-17-31(37)32-18-10-12-20-38(32)43;23-21-14-18(15-8-2-1-3-9-15)24-22(25-21)26-19-12-6-4-10-16(19)17-11-5-7-13-20(17)26/h1-34H;5-25H,1-4H3;1-14H. The first-order valence-corrected chi connectivity index (χ1v) is 46.4. The Bertz CT molecular complexity index is 8940. The number of benzene rings is 20. The van der Waals surface area contributed by atoms with Crippen LogP contribution in [0, 0.1) is 0 Å². The fourth-order valence-corrected chi connectivity index (χ4v) is 23.4. The molecule has 24 aromatic rings. The van der Waals surface area contributed by atoms with Crippen molar-refractivity contribution < 1.29 is 9.31 Å². The molecule has 4 aromatic heterocycles. The maximum atomic E-state index is 6.61. The van der Waals surface area contributed by atoms with Crippen LogP contribution >= 0.6 is 11.6 Å². The highest BCUT2D eigenvalue weighted by molar-refractivity contribution is 6.62. The second kappa shape index (κ2) is 29.5. The molecule has 11 heteroatoms. The van der Waals surface area contributed by atoms with Gasteiger partial charge in [0, 0.05) is 44.3 Å².